The quantitative estimate of drug-likeness (QED) is 0.594. The van der Waals surface area contributed by atoms with Gasteiger partial charge in [0.05, 0.1) is 5.57 Å². The minimum atomic E-state index is -4.70. The fraction of sp³-hybridized carbons (Fsp3) is 0.125. The van der Waals surface area contributed by atoms with Gasteiger partial charge < -0.3 is 4.74 Å². The molecule has 2 aliphatic heterocycles. The van der Waals surface area contributed by atoms with Crippen molar-refractivity contribution in [2.24, 2.45) is 10.1 Å². The molecule has 0 atom stereocenters. The molecule has 0 aromatic heterocycles. The average Bonchev–Trinajstić information content (AvgIpc) is 3.02. The van der Waals surface area contributed by atoms with Gasteiger partial charge in [0.25, 0.3) is 5.91 Å². The van der Waals surface area contributed by atoms with Crippen LogP contribution in [0.4, 0.5) is 13.2 Å². The van der Waals surface area contributed by atoms with Crippen LogP contribution in [0.5, 0.6) is 5.75 Å². The lowest BCUT2D eigenvalue weighted by atomic mass is 10.1. The summed E-state index contributed by atoms with van der Waals surface area (Å²) in [5.41, 5.74) is 0.125. The average molecular weight is 415 g/mol. The molecule has 1 aromatic rings. The molecule has 0 saturated heterocycles. The minimum Gasteiger partial charge on any atom is -0.489 e. The van der Waals surface area contributed by atoms with E-state index < -0.39 is 23.0 Å². The Balaban J connectivity index is 2.01. The van der Waals surface area contributed by atoms with Gasteiger partial charge in [0.1, 0.15) is 12.4 Å². The normalized spacial score (nSPS) is 18.4. The van der Waals surface area contributed by atoms with Crippen molar-refractivity contribution in [1.29, 1.82) is 5.41 Å². The number of hydrazone groups is 1. The van der Waals surface area contributed by atoms with Gasteiger partial charge in [0.2, 0.25) is 10.2 Å². The lowest BCUT2D eigenvalue weighted by Crippen LogP contribution is -2.35. The molecule has 1 amide bonds. The summed E-state index contributed by atoms with van der Waals surface area (Å²) < 4.78 is 44.0. The van der Waals surface area contributed by atoms with Crippen molar-refractivity contribution in [2.75, 3.05) is 6.61 Å². The molecule has 11 heteroatoms. The van der Waals surface area contributed by atoms with Crippen LogP contribution in [0, 0.1) is 5.41 Å². The Morgan fingerprint density at radius 1 is 1.41 bits per heavy atom. The van der Waals surface area contributed by atoms with Gasteiger partial charge in [-0.25, -0.2) is 0 Å². The van der Waals surface area contributed by atoms with Crippen LogP contribution in [0.15, 0.2) is 46.5 Å². The van der Waals surface area contributed by atoms with E-state index in [0.29, 0.717) is 21.3 Å². The van der Waals surface area contributed by atoms with Crippen molar-refractivity contribution in [3.05, 3.63) is 47.0 Å². The molecule has 0 radical (unpaired) electrons. The Kier molecular flexibility index (Phi) is 5.11. The SMILES string of the molecule is C=CCOc1ccc(Cl)cc1C=C1C(=N)N2N=C(C(F)(F)F)SC2=NC1=O. The van der Waals surface area contributed by atoms with Crippen LogP contribution in [0.2, 0.25) is 5.02 Å². The molecule has 1 N–H and O–H groups in total. The Morgan fingerprint density at radius 2 is 2.15 bits per heavy atom. The number of nitrogens with one attached hydrogen (secondary N) is 1. The molecular weight excluding hydrogens is 405 g/mol. The lowest BCUT2D eigenvalue weighted by Gasteiger charge is -2.20. The highest BCUT2D eigenvalue weighted by atomic mass is 35.5. The van der Waals surface area contributed by atoms with E-state index in [4.69, 9.17) is 21.7 Å². The van der Waals surface area contributed by atoms with Crippen LogP contribution in [0.1, 0.15) is 5.56 Å². The maximum atomic E-state index is 12.8. The number of nitrogens with zero attached hydrogens (tertiary/aromatic N) is 3. The van der Waals surface area contributed by atoms with Gasteiger partial charge in [0.15, 0.2) is 5.84 Å². The van der Waals surface area contributed by atoms with Crippen LogP contribution >= 0.6 is 23.4 Å². The summed E-state index contributed by atoms with van der Waals surface area (Å²) >= 11 is 6.16. The second-order valence-corrected chi connectivity index (χ2v) is 6.60. The molecule has 27 heavy (non-hydrogen) atoms. The second-order valence-electron chi connectivity index (χ2n) is 5.20. The Labute approximate surface area is 160 Å². The number of benzene rings is 1. The Hall–Kier alpha value is -2.59. The van der Waals surface area contributed by atoms with Crippen LogP contribution < -0.4 is 4.74 Å². The van der Waals surface area contributed by atoms with E-state index in [2.05, 4.69) is 16.7 Å². The van der Waals surface area contributed by atoms with E-state index in [0.717, 1.165) is 0 Å². The molecule has 140 valence electrons. The first-order valence-electron chi connectivity index (χ1n) is 7.31. The van der Waals surface area contributed by atoms with Crippen molar-refractivity contribution in [3.8, 4) is 5.75 Å². The second kappa shape index (κ2) is 7.20. The number of rotatable bonds is 4. The van der Waals surface area contributed by atoms with Gasteiger partial charge in [-0.3, -0.25) is 10.2 Å². The number of halogens is 4. The van der Waals surface area contributed by atoms with Crippen LogP contribution in [0.3, 0.4) is 0 Å². The summed E-state index contributed by atoms with van der Waals surface area (Å²) in [7, 11) is 0. The predicted molar refractivity (Wildman–Crippen MR) is 98.2 cm³/mol. The molecule has 2 aliphatic rings. The van der Waals surface area contributed by atoms with Crippen LogP contribution in [-0.2, 0) is 4.79 Å². The Morgan fingerprint density at radius 3 is 2.81 bits per heavy atom. The third-order valence-corrected chi connectivity index (χ3v) is 4.51. The topological polar surface area (TPSA) is 78.1 Å². The first-order chi connectivity index (χ1) is 12.7. The zero-order valence-corrected chi connectivity index (χ0v) is 15.0. The number of thioether (sulfide) groups is 1. The van der Waals surface area contributed by atoms with E-state index >= 15 is 0 Å². The molecule has 0 saturated carbocycles. The zero-order chi connectivity index (χ0) is 19.8. The highest BCUT2D eigenvalue weighted by Crippen LogP contribution is 2.36. The van der Waals surface area contributed by atoms with Gasteiger partial charge in [-0.05, 0) is 36.0 Å². The van der Waals surface area contributed by atoms with Crippen molar-refractivity contribution in [1.82, 2.24) is 5.01 Å². The number of carbonyl (C=O) groups is 1. The number of amidine groups is 2. The summed E-state index contributed by atoms with van der Waals surface area (Å²) in [6, 6.07) is 4.63. The smallest absolute Gasteiger partial charge is 0.441 e. The number of aliphatic imine (C=N–C) groups is 1. The maximum Gasteiger partial charge on any atom is 0.441 e. The first kappa shape index (κ1) is 19.2. The number of ether oxygens (including phenoxy) is 1. The van der Waals surface area contributed by atoms with Gasteiger partial charge in [-0.2, -0.15) is 28.3 Å². The molecule has 3 rings (SSSR count). The third kappa shape index (κ3) is 3.91. The van der Waals surface area contributed by atoms with E-state index in [1.807, 2.05) is 0 Å². The summed E-state index contributed by atoms with van der Waals surface area (Å²) in [6.07, 6.45) is -1.90. The van der Waals surface area contributed by atoms with Crippen LogP contribution in [0.25, 0.3) is 6.08 Å². The molecule has 0 spiro atoms. The van der Waals surface area contributed by atoms with Crippen molar-refractivity contribution < 1.29 is 22.7 Å². The van der Waals surface area contributed by atoms with Gasteiger partial charge in [0, 0.05) is 10.6 Å². The summed E-state index contributed by atoms with van der Waals surface area (Å²) in [4.78, 5) is 15.9. The highest BCUT2D eigenvalue weighted by molar-refractivity contribution is 8.27. The van der Waals surface area contributed by atoms with Gasteiger partial charge >= 0.3 is 6.18 Å². The molecule has 0 bridgehead atoms. The van der Waals surface area contributed by atoms with E-state index in [1.54, 1.807) is 12.1 Å². The van der Waals surface area contributed by atoms with Crippen molar-refractivity contribution in [3.63, 3.8) is 0 Å². The molecule has 6 nitrogen and oxygen atoms in total. The lowest BCUT2D eigenvalue weighted by molar-refractivity contribution is -0.114. The predicted octanol–water partition coefficient (Wildman–Crippen LogP) is 4.09. The number of fused-ring (bicyclic) bond motifs is 1. The Bertz CT molecular complexity index is 940. The summed E-state index contributed by atoms with van der Waals surface area (Å²) in [5.74, 6) is -1.02. The molecular formula is C16H10ClF3N4O2S. The fourth-order valence-corrected chi connectivity index (χ4v) is 3.11. The monoisotopic (exact) mass is 414 g/mol. The van der Waals surface area contributed by atoms with E-state index in [-0.39, 0.29) is 29.1 Å². The first-order valence-corrected chi connectivity index (χ1v) is 8.51. The fourth-order valence-electron chi connectivity index (χ4n) is 2.17. The third-order valence-electron chi connectivity index (χ3n) is 3.33. The van der Waals surface area contributed by atoms with Gasteiger partial charge in [-0.1, -0.05) is 24.3 Å². The molecule has 0 aliphatic carbocycles. The molecule has 1 aromatic carbocycles. The van der Waals surface area contributed by atoms with Crippen molar-refractivity contribution >= 4 is 51.4 Å². The standard InChI is InChI=1S/C16H10ClF3N4O2S/c1-2-5-26-11-4-3-9(17)6-8(11)7-10-12(21)24-15(22-13(10)25)27-14(23-24)16(18,19)20/h2-4,6-7,21H,1,5H2. The number of carbonyl (C=O) groups excluding carboxylic acids is 1. The number of alkyl halides is 3. The van der Waals surface area contributed by atoms with E-state index in [9.17, 15) is 18.0 Å². The highest BCUT2D eigenvalue weighted by Gasteiger charge is 2.46. The number of hydrogen-bond acceptors (Lipinski definition) is 5. The van der Waals surface area contributed by atoms with Gasteiger partial charge in [-0.15, -0.1) is 0 Å². The summed E-state index contributed by atoms with van der Waals surface area (Å²) in [5, 5.41) is 10.9. The van der Waals surface area contributed by atoms with Crippen LogP contribution in [-0.4, -0.2) is 39.7 Å². The van der Waals surface area contributed by atoms with Crippen molar-refractivity contribution in [2.45, 2.75) is 6.18 Å². The maximum absolute atomic E-state index is 12.8. The minimum absolute atomic E-state index is 0.188. The summed E-state index contributed by atoms with van der Waals surface area (Å²) in [6.45, 7) is 3.73. The zero-order valence-electron chi connectivity index (χ0n) is 13.4. The molecule has 0 fully saturated rings. The van der Waals surface area contributed by atoms with E-state index in [1.165, 1.54) is 18.2 Å². The number of hydrogen-bond donors (Lipinski definition) is 1. The number of amides is 1. The molecule has 2 heterocycles. The largest absolute Gasteiger partial charge is 0.489 e. The molecule has 0 unspecified atom stereocenters.